The summed E-state index contributed by atoms with van der Waals surface area (Å²) in [7, 11) is 0. The van der Waals surface area contributed by atoms with Crippen LogP contribution in [0, 0.1) is 6.92 Å². The van der Waals surface area contributed by atoms with Crippen LogP contribution in [0.3, 0.4) is 0 Å². The summed E-state index contributed by atoms with van der Waals surface area (Å²) in [6.07, 6.45) is 1.02. The molecule has 21 heavy (non-hydrogen) atoms. The van der Waals surface area contributed by atoms with Crippen molar-refractivity contribution in [3.63, 3.8) is 0 Å². The molecule has 2 rings (SSSR count). The minimum Gasteiger partial charge on any atom is -0.489 e. The summed E-state index contributed by atoms with van der Waals surface area (Å²) in [6.45, 7) is 4.88. The highest BCUT2D eigenvalue weighted by atomic mass is 35.5. The summed E-state index contributed by atoms with van der Waals surface area (Å²) in [6, 6.07) is 13.6. The molecule has 4 heteroatoms. The molecule has 0 spiro atoms. The van der Waals surface area contributed by atoms with Gasteiger partial charge in [0.05, 0.1) is 16.6 Å². The molecule has 0 saturated heterocycles. The minimum atomic E-state index is 0.0984. The van der Waals surface area contributed by atoms with E-state index in [1.165, 1.54) is 5.56 Å². The van der Waals surface area contributed by atoms with Crippen LogP contribution in [0.5, 0.6) is 5.75 Å². The van der Waals surface area contributed by atoms with Crippen molar-refractivity contribution in [1.82, 2.24) is 0 Å². The Morgan fingerprint density at radius 1 is 1.10 bits per heavy atom. The summed E-state index contributed by atoms with van der Waals surface area (Å²) in [5.74, 6) is 0.901. The maximum Gasteiger partial charge on any atom is 0.120 e. The van der Waals surface area contributed by atoms with Gasteiger partial charge in [0.25, 0.3) is 0 Å². The van der Waals surface area contributed by atoms with Gasteiger partial charge in [-0.3, -0.25) is 0 Å². The second-order valence-corrected chi connectivity index (χ2v) is 5.79. The molecule has 112 valence electrons. The van der Waals surface area contributed by atoms with Gasteiger partial charge in [-0.1, -0.05) is 42.3 Å². The van der Waals surface area contributed by atoms with Gasteiger partial charge in [0.15, 0.2) is 0 Å². The van der Waals surface area contributed by atoms with E-state index in [9.17, 15) is 0 Å². The minimum absolute atomic E-state index is 0.0984. The molecule has 1 N–H and O–H groups in total. The molecule has 0 saturated carbocycles. The SMILES string of the molecule is CCC(CNc1ccc(Cl)c(Cl)c1)Oc1cccc(C)c1. The lowest BCUT2D eigenvalue weighted by molar-refractivity contribution is 0.210. The topological polar surface area (TPSA) is 21.3 Å². The number of hydrogen-bond acceptors (Lipinski definition) is 2. The van der Waals surface area contributed by atoms with Crippen molar-refractivity contribution in [3.8, 4) is 5.75 Å². The van der Waals surface area contributed by atoms with Gasteiger partial charge in [-0.2, -0.15) is 0 Å². The zero-order valence-corrected chi connectivity index (χ0v) is 13.7. The number of nitrogens with one attached hydrogen (secondary N) is 1. The molecular weight excluding hydrogens is 305 g/mol. The fourth-order valence-electron chi connectivity index (χ4n) is 1.99. The Morgan fingerprint density at radius 3 is 2.57 bits per heavy atom. The Bertz CT molecular complexity index is 601. The van der Waals surface area contributed by atoms with Crippen molar-refractivity contribution in [2.45, 2.75) is 26.4 Å². The zero-order chi connectivity index (χ0) is 15.2. The first-order valence-electron chi connectivity index (χ1n) is 7.00. The van der Waals surface area contributed by atoms with Crippen LogP contribution in [0.25, 0.3) is 0 Å². The summed E-state index contributed by atoms with van der Waals surface area (Å²) >= 11 is 11.9. The molecule has 2 aromatic carbocycles. The van der Waals surface area contributed by atoms with E-state index in [2.05, 4.69) is 25.2 Å². The fourth-order valence-corrected chi connectivity index (χ4v) is 2.29. The molecule has 0 bridgehead atoms. The zero-order valence-electron chi connectivity index (χ0n) is 12.2. The summed E-state index contributed by atoms with van der Waals surface area (Å²) < 4.78 is 6.00. The molecule has 0 radical (unpaired) electrons. The smallest absolute Gasteiger partial charge is 0.120 e. The van der Waals surface area contributed by atoms with Gasteiger partial charge >= 0.3 is 0 Å². The van der Waals surface area contributed by atoms with Crippen LogP contribution >= 0.6 is 23.2 Å². The second kappa shape index (κ2) is 7.58. The number of benzene rings is 2. The van der Waals surface area contributed by atoms with Crippen molar-refractivity contribution >= 4 is 28.9 Å². The number of anilines is 1. The first kappa shape index (κ1) is 16.0. The number of aryl methyl sites for hydroxylation is 1. The van der Waals surface area contributed by atoms with E-state index in [1.54, 1.807) is 6.07 Å². The van der Waals surface area contributed by atoms with E-state index in [0.717, 1.165) is 17.9 Å². The normalized spacial score (nSPS) is 12.0. The van der Waals surface area contributed by atoms with Gasteiger partial charge in [-0.05, 0) is 49.2 Å². The summed E-state index contributed by atoms with van der Waals surface area (Å²) in [5.41, 5.74) is 2.13. The molecular formula is C17H19Cl2NO. The Morgan fingerprint density at radius 2 is 1.90 bits per heavy atom. The summed E-state index contributed by atoms with van der Waals surface area (Å²) in [5, 5.41) is 4.44. The molecule has 2 nitrogen and oxygen atoms in total. The van der Waals surface area contributed by atoms with Crippen molar-refractivity contribution < 1.29 is 4.74 Å². The van der Waals surface area contributed by atoms with E-state index >= 15 is 0 Å². The standard InChI is InChI=1S/C17H19Cl2NO/c1-3-14(21-15-6-4-5-12(2)9-15)11-20-13-7-8-16(18)17(19)10-13/h4-10,14,20H,3,11H2,1-2H3. The lowest BCUT2D eigenvalue weighted by atomic mass is 10.2. The number of rotatable bonds is 6. The average Bonchev–Trinajstić information content (AvgIpc) is 2.47. The molecule has 0 heterocycles. The van der Waals surface area contributed by atoms with Gasteiger partial charge in [-0.15, -0.1) is 0 Å². The quantitative estimate of drug-likeness (QED) is 0.750. The van der Waals surface area contributed by atoms with E-state index in [0.29, 0.717) is 16.6 Å². The third kappa shape index (κ3) is 4.83. The van der Waals surface area contributed by atoms with Gasteiger partial charge in [0.2, 0.25) is 0 Å². The van der Waals surface area contributed by atoms with Gasteiger partial charge < -0.3 is 10.1 Å². The molecule has 0 aliphatic heterocycles. The lowest BCUT2D eigenvalue weighted by Crippen LogP contribution is -2.25. The Hall–Kier alpha value is -1.38. The molecule has 0 amide bonds. The Labute approximate surface area is 136 Å². The van der Waals surface area contributed by atoms with Gasteiger partial charge in [0.1, 0.15) is 11.9 Å². The van der Waals surface area contributed by atoms with Gasteiger partial charge in [-0.25, -0.2) is 0 Å². The average molecular weight is 324 g/mol. The van der Waals surface area contributed by atoms with Crippen LogP contribution in [0.2, 0.25) is 10.0 Å². The van der Waals surface area contributed by atoms with E-state index < -0.39 is 0 Å². The highest BCUT2D eigenvalue weighted by molar-refractivity contribution is 6.42. The lowest BCUT2D eigenvalue weighted by Gasteiger charge is -2.19. The molecule has 0 fully saturated rings. The highest BCUT2D eigenvalue weighted by Gasteiger charge is 2.09. The molecule has 0 aromatic heterocycles. The van der Waals surface area contributed by atoms with Crippen molar-refractivity contribution in [3.05, 3.63) is 58.1 Å². The number of halogens is 2. The van der Waals surface area contributed by atoms with Crippen molar-refractivity contribution in [2.75, 3.05) is 11.9 Å². The first-order valence-corrected chi connectivity index (χ1v) is 7.76. The fraction of sp³-hybridized carbons (Fsp3) is 0.294. The van der Waals surface area contributed by atoms with Crippen molar-refractivity contribution in [2.24, 2.45) is 0 Å². The molecule has 0 aliphatic rings. The monoisotopic (exact) mass is 323 g/mol. The van der Waals surface area contributed by atoms with Crippen LogP contribution in [0.4, 0.5) is 5.69 Å². The Balaban J connectivity index is 1.94. The van der Waals surface area contributed by atoms with E-state index in [-0.39, 0.29) is 6.10 Å². The molecule has 0 aliphatic carbocycles. The predicted molar refractivity (Wildman–Crippen MR) is 90.8 cm³/mol. The number of hydrogen-bond donors (Lipinski definition) is 1. The van der Waals surface area contributed by atoms with E-state index in [4.69, 9.17) is 27.9 Å². The maximum atomic E-state index is 6.01. The molecule has 1 unspecified atom stereocenters. The molecule has 2 aromatic rings. The second-order valence-electron chi connectivity index (χ2n) is 4.97. The third-order valence-electron chi connectivity index (χ3n) is 3.20. The maximum absolute atomic E-state index is 6.01. The van der Waals surface area contributed by atoms with Crippen molar-refractivity contribution in [1.29, 1.82) is 0 Å². The molecule has 1 atom stereocenters. The number of ether oxygens (including phenoxy) is 1. The van der Waals surface area contributed by atoms with Gasteiger partial charge in [0, 0.05) is 5.69 Å². The van der Waals surface area contributed by atoms with Crippen LogP contribution in [0.15, 0.2) is 42.5 Å². The van der Waals surface area contributed by atoms with Crippen LogP contribution in [-0.2, 0) is 0 Å². The largest absolute Gasteiger partial charge is 0.489 e. The highest BCUT2D eigenvalue weighted by Crippen LogP contribution is 2.25. The first-order chi connectivity index (χ1) is 10.1. The van der Waals surface area contributed by atoms with Crippen LogP contribution in [-0.4, -0.2) is 12.6 Å². The third-order valence-corrected chi connectivity index (χ3v) is 3.94. The van der Waals surface area contributed by atoms with Crippen LogP contribution < -0.4 is 10.1 Å². The predicted octanol–water partition coefficient (Wildman–Crippen LogP) is 5.57. The van der Waals surface area contributed by atoms with Crippen LogP contribution in [0.1, 0.15) is 18.9 Å². The Kier molecular flexibility index (Phi) is 5.77. The summed E-state index contributed by atoms with van der Waals surface area (Å²) in [4.78, 5) is 0. The van der Waals surface area contributed by atoms with E-state index in [1.807, 2.05) is 30.3 Å².